The number of halogens is 2. The number of rotatable bonds is 4. The third kappa shape index (κ3) is 3.74. The number of ether oxygens (including phenoxy) is 1. The molecule has 0 spiro atoms. The molecule has 1 heterocycles. The Morgan fingerprint density at radius 3 is 2.35 bits per heavy atom. The van der Waals surface area contributed by atoms with Crippen molar-refractivity contribution in [1.82, 2.24) is 10.1 Å². The molecule has 6 heteroatoms. The standard InChI is InChI=1S/C17H14BrClN2O2/c1-17(2,22-14-9-7-13(19)8-10-14)16-20-15(21-23-16)11-3-5-12(18)6-4-11/h3-10H,1-2H3. The Balaban J connectivity index is 1.83. The van der Waals surface area contributed by atoms with E-state index in [0.29, 0.717) is 22.5 Å². The number of benzene rings is 2. The van der Waals surface area contributed by atoms with E-state index in [1.807, 2.05) is 38.1 Å². The molecule has 0 aliphatic rings. The van der Waals surface area contributed by atoms with Crippen molar-refractivity contribution in [2.75, 3.05) is 0 Å². The first-order chi connectivity index (χ1) is 10.9. The van der Waals surface area contributed by atoms with Crippen molar-refractivity contribution in [3.05, 3.63) is 63.9 Å². The van der Waals surface area contributed by atoms with Crippen LogP contribution in [-0.4, -0.2) is 10.1 Å². The van der Waals surface area contributed by atoms with E-state index in [4.69, 9.17) is 20.9 Å². The molecule has 0 radical (unpaired) electrons. The number of nitrogens with zero attached hydrogens (tertiary/aromatic N) is 2. The van der Waals surface area contributed by atoms with Crippen LogP contribution < -0.4 is 4.74 Å². The zero-order valence-electron chi connectivity index (χ0n) is 12.6. The predicted molar refractivity (Wildman–Crippen MR) is 92.5 cm³/mol. The lowest BCUT2D eigenvalue weighted by atomic mass is 10.1. The van der Waals surface area contributed by atoms with Gasteiger partial charge in [0, 0.05) is 15.1 Å². The third-order valence-electron chi connectivity index (χ3n) is 3.23. The Labute approximate surface area is 147 Å². The molecule has 0 amide bonds. The largest absolute Gasteiger partial charge is 0.478 e. The minimum atomic E-state index is -0.756. The fourth-order valence-corrected chi connectivity index (χ4v) is 2.42. The minimum Gasteiger partial charge on any atom is -0.478 e. The highest BCUT2D eigenvalue weighted by atomic mass is 79.9. The van der Waals surface area contributed by atoms with E-state index in [0.717, 1.165) is 10.0 Å². The Bertz CT molecular complexity index is 798. The molecule has 2 aromatic carbocycles. The van der Waals surface area contributed by atoms with Gasteiger partial charge >= 0.3 is 0 Å². The molecule has 0 bridgehead atoms. The molecule has 0 N–H and O–H groups in total. The van der Waals surface area contributed by atoms with Crippen molar-refractivity contribution in [3.8, 4) is 17.1 Å². The average molecular weight is 394 g/mol. The van der Waals surface area contributed by atoms with Crippen LogP contribution in [0, 0.1) is 0 Å². The summed E-state index contributed by atoms with van der Waals surface area (Å²) < 4.78 is 12.3. The van der Waals surface area contributed by atoms with E-state index in [2.05, 4.69) is 26.1 Å². The highest BCUT2D eigenvalue weighted by Crippen LogP contribution is 2.29. The molecule has 0 aliphatic heterocycles. The Hall–Kier alpha value is -1.85. The zero-order chi connectivity index (χ0) is 16.4. The average Bonchev–Trinajstić information content (AvgIpc) is 3.01. The molecular weight excluding hydrogens is 380 g/mol. The van der Waals surface area contributed by atoms with Gasteiger partial charge in [0.15, 0.2) is 5.60 Å². The van der Waals surface area contributed by atoms with Gasteiger partial charge in [-0.3, -0.25) is 0 Å². The van der Waals surface area contributed by atoms with Gasteiger partial charge in [0.1, 0.15) is 5.75 Å². The molecule has 118 valence electrons. The zero-order valence-corrected chi connectivity index (χ0v) is 14.9. The van der Waals surface area contributed by atoms with Gasteiger partial charge in [0.25, 0.3) is 5.89 Å². The predicted octanol–water partition coefficient (Wildman–Crippen LogP) is 5.47. The fraction of sp³-hybridized carbons (Fsp3) is 0.176. The van der Waals surface area contributed by atoms with E-state index < -0.39 is 5.60 Å². The molecular formula is C17H14BrClN2O2. The monoisotopic (exact) mass is 392 g/mol. The fourth-order valence-electron chi connectivity index (χ4n) is 2.03. The summed E-state index contributed by atoms with van der Waals surface area (Å²) in [7, 11) is 0. The maximum atomic E-state index is 5.95. The Morgan fingerprint density at radius 2 is 1.70 bits per heavy atom. The molecule has 0 atom stereocenters. The van der Waals surface area contributed by atoms with Crippen molar-refractivity contribution < 1.29 is 9.26 Å². The van der Waals surface area contributed by atoms with Crippen LogP contribution >= 0.6 is 27.5 Å². The molecule has 0 saturated heterocycles. The van der Waals surface area contributed by atoms with E-state index >= 15 is 0 Å². The smallest absolute Gasteiger partial charge is 0.270 e. The van der Waals surface area contributed by atoms with Crippen LogP contribution in [0.1, 0.15) is 19.7 Å². The second-order valence-electron chi connectivity index (χ2n) is 5.50. The van der Waals surface area contributed by atoms with Gasteiger partial charge in [-0.15, -0.1) is 0 Å². The van der Waals surface area contributed by atoms with Gasteiger partial charge < -0.3 is 9.26 Å². The highest BCUT2D eigenvalue weighted by Gasteiger charge is 2.30. The van der Waals surface area contributed by atoms with Crippen molar-refractivity contribution in [1.29, 1.82) is 0 Å². The van der Waals surface area contributed by atoms with E-state index in [1.54, 1.807) is 24.3 Å². The van der Waals surface area contributed by atoms with E-state index in [9.17, 15) is 0 Å². The molecule has 1 aromatic heterocycles. The van der Waals surface area contributed by atoms with Gasteiger partial charge in [-0.1, -0.05) is 32.7 Å². The van der Waals surface area contributed by atoms with Crippen LogP contribution in [0.2, 0.25) is 5.02 Å². The second kappa shape index (κ2) is 6.34. The van der Waals surface area contributed by atoms with Crippen LogP contribution in [0.15, 0.2) is 57.5 Å². The lowest BCUT2D eigenvalue weighted by molar-refractivity contribution is 0.0692. The van der Waals surface area contributed by atoms with Gasteiger partial charge in [-0.2, -0.15) is 4.98 Å². The minimum absolute atomic E-state index is 0.408. The van der Waals surface area contributed by atoms with Crippen LogP contribution in [-0.2, 0) is 5.60 Å². The number of hydrogen-bond donors (Lipinski definition) is 0. The van der Waals surface area contributed by atoms with Crippen LogP contribution in [0.3, 0.4) is 0 Å². The third-order valence-corrected chi connectivity index (χ3v) is 4.01. The summed E-state index contributed by atoms with van der Waals surface area (Å²) in [5.41, 5.74) is 0.125. The molecule has 3 aromatic rings. The van der Waals surface area contributed by atoms with E-state index in [-0.39, 0.29) is 0 Å². The molecule has 0 saturated carbocycles. The van der Waals surface area contributed by atoms with Crippen LogP contribution in [0.4, 0.5) is 0 Å². The normalized spacial score (nSPS) is 11.5. The lowest BCUT2D eigenvalue weighted by Crippen LogP contribution is -2.25. The Morgan fingerprint density at radius 1 is 1.04 bits per heavy atom. The molecule has 4 nitrogen and oxygen atoms in total. The lowest BCUT2D eigenvalue weighted by Gasteiger charge is -2.22. The quantitative estimate of drug-likeness (QED) is 0.590. The molecule has 23 heavy (non-hydrogen) atoms. The highest BCUT2D eigenvalue weighted by molar-refractivity contribution is 9.10. The van der Waals surface area contributed by atoms with E-state index in [1.165, 1.54) is 0 Å². The van der Waals surface area contributed by atoms with Crippen molar-refractivity contribution in [3.63, 3.8) is 0 Å². The summed E-state index contributed by atoms with van der Waals surface area (Å²) in [4.78, 5) is 4.45. The summed E-state index contributed by atoms with van der Waals surface area (Å²) in [6.07, 6.45) is 0. The first kappa shape index (κ1) is 16.0. The Kier molecular flexibility index (Phi) is 4.41. The molecule has 0 fully saturated rings. The summed E-state index contributed by atoms with van der Waals surface area (Å²) >= 11 is 9.29. The number of aromatic nitrogens is 2. The topological polar surface area (TPSA) is 48.2 Å². The first-order valence-electron chi connectivity index (χ1n) is 6.99. The maximum absolute atomic E-state index is 5.95. The SMILES string of the molecule is CC(C)(Oc1ccc(Cl)cc1)c1nc(-c2ccc(Br)cc2)no1. The summed E-state index contributed by atoms with van der Waals surface area (Å²) in [6.45, 7) is 3.75. The van der Waals surface area contributed by atoms with Gasteiger partial charge in [0.05, 0.1) is 0 Å². The molecule has 3 rings (SSSR count). The summed E-state index contributed by atoms with van der Waals surface area (Å²) in [5.74, 6) is 1.62. The van der Waals surface area contributed by atoms with Crippen molar-refractivity contribution >= 4 is 27.5 Å². The molecule has 0 unspecified atom stereocenters. The van der Waals surface area contributed by atoms with Gasteiger partial charge in [0.2, 0.25) is 5.82 Å². The maximum Gasteiger partial charge on any atom is 0.270 e. The van der Waals surface area contributed by atoms with Crippen molar-refractivity contribution in [2.24, 2.45) is 0 Å². The van der Waals surface area contributed by atoms with Gasteiger partial charge in [-0.05, 0) is 62.4 Å². The first-order valence-corrected chi connectivity index (χ1v) is 8.16. The van der Waals surface area contributed by atoms with Crippen LogP contribution in [0.25, 0.3) is 11.4 Å². The van der Waals surface area contributed by atoms with Crippen molar-refractivity contribution in [2.45, 2.75) is 19.4 Å². The molecule has 0 aliphatic carbocycles. The summed E-state index contributed by atoms with van der Waals surface area (Å²) in [6, 6.07) is 14.9. The summed E-state index contributed by atoms with van der Waals surface area (Å²) in [5, 5.41) is 4.69. The second-order valence-corrected chi connectivity index (χ2v) is 6.85. The van der Waals surface area contributed by atoms with Crippen LogP contribution in [0.5, 0.6) is 5.75 Å². The number of hydrogen-bond acceptors (Lipinski definition) is 4. The van der Waals surface area contributed by atoms with Gasteiger partial charge in [-0.25, -0.2) is 0 Å².